The number of esters is 1. The molecule has 1 heterocycles. The van der Waals surface area contributed by atoms with E-state index in [4.69, 9.17) is 10.00 Å². The fraction of sp³-hybridized carbons (Fsp3) is 0.154. The number of carbonyl (C=O) groups excluding carboxylic acids is 1. The van der Waals surface area contributed by atoms with Crippen LogP contribution in [0.2, 0.25) is 0 Å². The minimum atomic E-state index is -0.335. The van der Waals surface area contributed by atoms with Crippen LogP contribution in [0.15, 0.2) is 72.9 Å². The molecule has 0 aliphatic heterocycles. The number of fused-ring (bicyclic) bond motifs is 1. The predicted octanol–water partition coefficient (Wildman–Crippen LogP) is 5.91. The molecule has 1 saturated carbocycles. The molecule has 5 heteroatoms. The predicted molar refractivity (Wildman–Crippen MR) is 121 cm³/mol. The van der Waals surface area contributed by atoms with Crippen LogP contribution < -0.4 is 5.32 Å². The van der Waals surface area contributed by atoms with Crippen molar-refractivity contribution >= 4 is 28.2 Å². The van der Waals surface area contributed by atoms with Crippen molar-refractivity contribution in [3.8, 4) is 11.8 Å². The van der Waals surface area contributed by atoms with Gasteiger partial charge in [0.15, 0.2) is 0 Å². The summed E-state index contributed by atoms with van der Waals surface area (Å²) in [6, 6.07) is 23.8. The fourth-order valence-electron chi connectivity index (χ4n) is 3.92. The van der Waals surface area contributed by atoms with E-state index in [9.17, 15) is 4.79 Å². The summed E-state index contributed by atoms with van der Waals surface area (Å²) in [5.74, 6) is 0.230. The zero-order valence-electron chi connectivity index (χ0n) is 17.1. The molecule has 0 saturated heterocycles. The standard InChI is InChI=1S/C26H21N3O2/c1-31-26(30)23-15-19(18-4-5-18)6-10-24(23)28-21-7-11-25-20(14-21)12-13-29(25)22-8-2-17(16-27)3-9-22/h2-3,6-15,18,28H,4-5H2,1H3. The molecule has 0 unspecified atom stereocenters. The molecule has 31 heavy (non-hydrogen) atoms. The van der Waals surface area contributed by atoms with E-state index in [0.29, 0.717) is 17.0 Å². The maximum atomic E-state index is 12.4. The number of methoxy groups -OCH3 is 1. The van der Waals surface area contributed by atoms with Crippen molar-refractivity contribution in [2.75, 3.05) is 12.4 Å². The van der Waals surface area contributed by atoms with Gasteiger partial charge in [-0.2, -0.15) is 5.26 Å². The number of rotatable bonds is 5. The molecule has 3 aromatic carbocycles. The Kier molecular flexibility index (Phi) is 4.68. The van der Waals surface area contributed by atoms with Gasteiger partial charge < -0.3 is 14.6 Å². The van der Waals surface area contributed by atoms with Gasteiger partial charge in [-0.05, 0) is 85.0 Å². The number of nitriles is 1. The summed E-state index contributed by atoms with van der Waals surface area (Å²) in [5, 5.41) is 13.5. The smallest absolute Gasteiger partial charge is 0.339 e. The first-order valence-corrected chi connectivity index (χ1v) is 10.3. The first-order chi connectivity index (χ1) is 15.2. The molecule has 0 amide bonds. The SMILES string of the molecule is COC(=O)c1cc(C2CC2)ccc1Nc1ccc2c(ccn2-c2ccc(C#N)cc2)c1. The van der Waals surface area contributed by atoms with E-state index >= 15 is 0 Å². The van der Waals surface area contributed by atoms with Crippen LogP contribution in [0.5, 0.6) is 0 Å². The summed E-state index contributed by atoms with van der Waals surface area (Å²) in [6.07, 6.45) is 4.38. The molecule has 0 bridgehead atoms. The molecular weight excluding hydrogens is 386 g/mol. The minimum absolute atomic E-state index is 0.335. The lowest BCUT2D eigenvalue weighted by Gasteiger charge is -2.13. The average Bonchev–Trinajstić information content (AvgIpc) is 3.58. The molecule has 5 nitrogen and oxygen atoms in total. The third-order valence-corrected chi connectivity index (χ3v) is 5.74. The molecule has 1 aliphatic carbocycles. The number of carbonyl (C=O) groups is 1. The van der Waals surface area contributed by atoms with E-state index in [1.54, 1.807) is 0 Å². The summed E-state index contributed by atoms with van der Waals surface area (Å²) >= 11 is 0. The number of nitrogens with one attached hydrogen (secondary N) is 1. The van der Waals surface area contributed by atoms with Crippen LogP contribution in [-0.4, -0.2) is 17.6 Å². The Balaban J connectivity index is 1.46. The molecule has 0 radical (unpaired) electrons. The Morgan fingerprint density at radius 2 is 1.87 bits per heavy atom. The molecule has 1 N–H and O–H groups in total. The first kappa shape index (κ1) is 19.0. The third kappa shape index (κ3) is 3.64. The molecule has 4 aromatic rings. The Bertz CT molecular complexity index is 1330. The average molecular weight is 407 g/mol. The van der Waals surface area contributed by atoms with Crippen LogP contribution in [0, 0.1) is 11.3 Å². The van der Waals surface area contributed by atoms with Crippen LogP contribution in [0.25, 0.3) is 16.6 Å². The Labute approximate surface area is 180 Å². The number of nitrogens with zero attached hydrogens (tertiary/aromatic N) is 2. The second-order valence-electron chi connectivity index (χ2n) is 7.81. The molecule has 1 aromatic heterocycles. The zero-order chi connectivity index (χ0) is 21.4. The van der Waals surface area contributed by atoms with E-state index in [1.165, 1.54) is 25.5 Å². The van der Waals surface area contributed by atoms with Crippen molar-refractivity contribution in [3.63, 3.8) is 0 Å². The maximum absolute atomic E-state index is 12.4. The summed E-state index contributed by atoms with van der Waals surface area (Å²) < 4.78 is 7.09. The highest BCUT2D eigenvalue weighted by molar-refractivity contribution is 5.97. The van der Waals surface area contributed by atoms with E-state index < -0.39 is 0 Å². The summed E-state index contributed by atoms with van der Waals surface area (Å²) in [6.45, 7) is 0. The second-order valence-corrected chi connectivity index (χ2v) is 7.81. The van der Waals surface area contributed by atoms with Crippen LogP contribution in [0.4, 0.5) is 11.4 Å². The topological polar surface area (TPSA) is 67.0 Å². The monoisotopic (exact) mass is 407 g/mol. The molecule has 1 fully saturated rings. The van der Waals surface area contributed by atoms with E-state index in [2.05, 4.69) is 34.2 Å². The normalized spacial score (nSPS) is 13.0. The van der Waals surface area contributed by atoms with Gasteiger partial charge in [0.05, 0.1) is 35.5 Å². The lowest BCUT2D eigenvalue weighted by Crippen LogP contribution is -2.06. The number of hydrogen-bond acceptors (Lipinski definition) is 4. The second kappa shape index (κ2) is 7.66. The van der Waals surface area contributed by atoms with Gasteiger partial charge in [-0.25, -0.2) is 4.79 Å². The van der Waals surface area contributed by atoms with Gasteiger partial charge in [-0.1, -0.05) is 6.07 Å². The number of anilines is 2. The van der Waals surface area contributed by atoms with Crippen molar-refractivity contribution in [1.29, 1.82) is 5.26 Å². The minimum Gasteiger partial charge on any atom is -0.465 e. The highest BCUT2D eigenvalue weighted by Gasteiger charge is 2.25. The Morgan fingerprint density at radius 3 is 2.58 bits per heavy atom. The lowest BCUT2D eigenvalue weighted by atomic mass is 10.0. The van der Waals surface area contributed by atoms with Gasteiger partial charge in [0.1, 0.15) is 0 Å². The third-order valence-electron chi connectivity index (χ3n) is 5.74. The van der Waals surface area contributed by atoms with Crippen molar-refractivity contribution in [1.82, 2.24) is 4.57 Å². The lowest BCUT2D eigenvalue weighted by molar-refractivity contribution is 0.0602. The van der Waals surface area contributed by atoms with Crippen LogP contribution in [0.1, 0.15) is 40.2 Å². The molecule has 0 spiro atoms. The highest BCUT2D eigenvalue weighted by atomic mass is 16.5. The number of benzene rings is 3. The van der Waals surface area contributed by atoms with Gasteiger partial charge in [-0.15, -0.1) is 0 Å². The van der Waals surface area contributed by atoms with Crippen LogP contribution in [0.3, 0.4) is 0 Å². The van der Waals surface area contributed by atoms with Crippen molar-refractivity contribution in [3.05, 3.63) is 89.6 Å². The number of aromatic nitrogens is 1. The number of ether oxygens (including phenoxy) is 1. The summed E-state index contributed by atoms with van der Waals surface area (Å²) in [4.78, 5) is 12.4. The highest BCUT2D eigenvalue weighted by Crippen LogP contribution is 2.41. The van der Waals surface area contributed by atoms with Crippen LogP contribution in [-0.2, 0) is 4.74 Å². The van der Waals surface area contributed by atoms with E-state index in [1.807, 2.05) is 54.7 Å². The zero-order valence-corrected chi connectivity index (χ0v) is 17.1. The van der Waals surface area contributed by atoms with Gasteiger partial charge in [0.2, 0.25) is 0 Å². The molecular formula is C26H21N3O2. The molecule has 0 atom stereocenters. The number of hydrogen-bond donors (Lipinski definition) is 1. The van der Waals surface area contributed by atoms with Crippen LogP contribution >= 0.6 is 0 Å². The van der Waals surface area contributed by atoms with E-state index in [-0.39, 0.29) is 5.97 Å². The quantitative estimate of drug-likeness (QED) is 0.418. The summed E-state index contributed by atoms with van der Waals surface area (Å²) in [5.41, 5.74) is 6.09. The van der Waals surface area contributed by atoms with Gasteiger partial charge in [-0.3, -0.25) is 0 Å². The molecule has 5 rings (SSSR count). The largest absolute Gasteiger partial charge is 0.465 e. The maximum Gasteiger partial charge on any atom is 0.339 e. The Morgan fingerprint density at radius 1 is 1.06 bits per heavy atom. The van der Waals surface area contributed by atoms with Gasteiger partial charge in [0.25, 0.3) is 0 Å². The first-order valence-electron chi connectivity index (χ1n) is 10.3. The summed E-state index contributed by atoms with van der Waals surface area (Å²) in [7, 11) is 1.41. The van der Waals surface area contributed by atoms with E-state index in [0.717, 1.165) is 28.0 Å². The fourth-order valence-corrected chi connectivity index (χ4v) is 3.92. The van der Waals surface area contributed by atoms with Crippen molar-refractivity contribution in [2.24, 2.45) is 0 Å². The van der Waals surface area contributed by atoms with Gasteiger partial charge in [0, 0.05) is 23.0 Å². The molecule has 152 valence electrons. The van der Waals surface area contributed by atoms with Gasteiger partial charge >= 0.3 is 5.97 Å². The Hall–Kier alpha value is -4.04. The van der Waals surface area contributed by atoms with Crippen molar-refractivity contribution < 1.29 is 9.53 Å². The molecule has 1 aliphatic rings. The van der Waals surface area contributed by atoms with Crippen molar-refractivity contribution in [2.45, 2.75) is 18.8 Å².